The summed E-state index contributed by atoms with van der Waals surface area (Å²) in [6.07, 6.45) is 5.19. The molecule has 1 N–H and O–H groups in total. The highest BCUT2D eigenvalue weighted by Crippen LogP contribution is 2.28. The van der Waals surface area contributed by atoms with Gasteiger partial charge in [0.05, 0.1) is 6.54 Å². The number of likely N-dealkylation sites (tertiary alicyclic amines) is 2. The SMILES string of the molecule is CCNC(=NCC(CC)N1CCCC1)N1CCC(C)(C)C1. The van der Waals surface area contributed by atoms with Crippen molar-refractivity contribution < 1.29 is 0 Å². The van der Waals surface area contributed by atoms with E-state index in [1.54, 1.807) is 0 Å². The van der Waals surface area contributed by atoms with Gasteiger partial charge in [-0.05, 0) is 51.1 Å². The van der Waals surface area contributed by atoms with Crippen molar-refractivity contribution in [3.05, 3.63) is 0 Å². The van der Waals surface area contributed by atoms with Crippen molar-refractivity contribution in [2.24, 2.45) is 10.4 Å². The van der Waals surface area contributed by atoms with Gasteiger partial charge in [0, 0.05) is 25.7 Å². The summed E-state index contributed by atoms with van der Waals surface area (Å²) in [5.41, 5.74) is 0.426. The second kappa shape index (κ2) is 7.48. The lowest BCUT2D eigenvalue weighted by Crippen LogP contribution is -2.42. The first-order chi connectivity index (χ1) is 10.1. The molecule has 0 amide bonds. The van der Waals surface area contributed by atoms with E-state index < -0.39 is 0 Å². The quantitative estimate of drug-likeness (QED) is 0.624. The molecule has 0 aromatic carbocycles. The van der Waals surface area contributed by atoms with Crippen LogP contribution in [-0.4, -0.2) is 61.1 Å². The van der Waals surface area contributed by atoms with E-state index in [0.29, 0.717) is 11.5 Å². The fourth-order valence-electron chi connectivity index (χ4n) is 3.52. The Balaban J connectivity index is 1.96. The number of hydrogen-bond donors (Lipinski definition) is 1. The van der Waals surface area contributed by atoms with Crippen LogP contribution in [0.5, 0.6) is 0 Å². The molecule has 122 valence electrons. The molecule has 0 bridgehead atoms. The predicted octanol–water partition coefficient (Wildman–Crippen LogP) is 2.56. The zero-order valence-electron chi connectivity index (χ0n) is 14.5. The molecule has 0 aliphatic carbocycles. The average molecular weight is 294 g/mol. The van der Waals surface area contributed by atoms with E-state index in [0.717, 1.165) is 32.1 Å². The smallest absolute Gasteiger partial charge is 0.193 e. The summed E-state index contributed by atoms with van der Waals surface area (Å²) in [6, 6.07) is 0.622. The summed E-state index contributed by atoms with van der Waals surface area (Å²) < 4.78 is 0. The fraction of sp³-hybridized carbons (Fsp3) is 0.941. The zero-order valence-corrected chi connectivity index (χ0v) is 14.5. The molecule has 4 heteroatoms. The Labute approximate surface area is 131 Å². The van der Waals surface area contributed by atoms with Gasteiger partial charge in [0.1, 0.15) is 0 Å². The largest absolute Gasteiger partial charge is 0.357 e. The number of nitrogens with one attached hydrogen (secondary N) is 1. The molecular formula is C17H34N4. The molecule has 0 aromatic rings. The minimum Gasteiger partial charge on any atom is -0.357 e. The Bertz CT molecular complexity index is 345. The maximum absolute atomic E-state index is 4.97. The van der Waals surface area contributed by atoms with Crippen LogP contribution in [0.2, 0.25) is 0 Å². The number of rotatable bonds is 5. The van der Waals surface area contributed by atoms with Crippen molar-refractivity contribution in [2.45, 2.75) is 59.4 Å². The maximum Gasteiger partial charge on any atom is 0.193 e. The Hall–Kier alpha value is -0.770. The van der Waals surface area contributed by atoms with Crippen molar-refractivity contribution in [1.29, 1.82) is 0 Å². The van der Waals surface area contributed by atoms with Crippen LogP contribution in [0.15, 0.2) is 4.99 Å². The van der Waals surface area contributed by atoms with Crippen LogP contribution >= 0.6 is 0 Å². The molecule has 2 fully saturated rings. The molecule has 2 aliphatic heterocycles. The number of aliphatic imine (C=N–C) groups is 1. The highest BCUT2D eigenvalue weighted by molar-refractivity contribution is 5.80. The third kappa shape index (κ3) is 4.60. The van der Waals surface area contributed by atoms with Crippen LogP contribution < -0.4 is 5.32 Å². The molecule has 0 saturated carbocycles. The second-order valence-corrected chi connectivity index (χ2v) is 7.34. The van der Waals surface area contributed by atoms with Crippen LogP contribution in [-0.2, 0) is 0 Å². The Kier molecular flexibility index (Phi) is 5.91. The molecule has 2 heterocycles. The van der Waals surface area contributed by atoms with Crippen LogP contribution in [0, 0.1) is 5.41 Å². The first-order valence-corrected chi connectivity index (χ1v) is 8.83. The molecule has 0 radical (unpaired) electrons. The lowest BCUT2D eigenvalue weighted by atomic mass is 9.93. The van der Waals surface area contributed by atoms with Gasteiger partial charge in [-0.25, -0.2) is 0 Å². The van der Waals surface area contributed by atoms with Gasteiger partial charge in [-0.3, -0.25) is 9.89 Å². The third-order valence-electron chi connectivity index (χ3n) is 4.89. The molecule has 1 atom stereocenters. The Morgan fingerprint density at radius 2 is 1.90 bits per heavy atom. The summed E-state index contributed by atoms with van der Waals surface area (Å²) in [7, 11) is 0. The van der Waals surface area contributed by atoms with Crippen LogP contribution in [0.4, 0.5) is 0 Å². The Morgan fingerprint density at radius 3 is 2.43 bits per heavy atom. The first kappa shape index (κ1) is 16.6. The van der Waals surface area contributed by atoms with Gasteiger partial charge in [-0.15, -0.1) is 0 Å². The first-order valence-electron chi connectivity index (χ1n) is 8.83. The monoisotopic (exact) mass is 294 g/mol. The average Bonchev–Trinajstić information content (AvgIpc) is 3.08. The van der Waals surface area contributed by atoms with Gasteiger partial charge in [0.15, 0.2) is 5.96 Å². The van der Waals surface area contributed by atoms with Gasteiger partial charge in [-0.1, -0.05) is 20.8 Å². The van der Waals surface area contributed by atoms with Crippen molar-refractivity contribution in [2.75, 3.05) is 39.3 Å². The van der Waals surface area contributed by atoms with E-state index in [2.05, 4.69) is 42.8 Å². The second-order valence-electron chi connectivity index (χ2n) is 7.34. The van der Waals surface area contributed by atoms with Crippen molar-refractivity contribution in [3.63, 3.8) is 0 Å². The minimum absolute atomic E-state index is 0.426. The number of guanidine groups is 1. The molecule has 21 heavy (non-hydrogen) atoms. The van der Waals surface area contributed by atoms with E-state index in [1.165, 1.54) is 38.8 Å². The van der Waals surface area contributed by atoms with E-state index in [9.17, 15) is 0 Å². The molecule has 0 aromatic heterocycles. The summed E-state index contributed by atoms with van der Waals surface area (Å²) in [4.78, 5) is 10.0. The summed E-state index contributed by atoms with van der Waals surface area (Å²) >= 11 is 0. The van der Waals surface area contributed by atoms with Crippen LogP contribution in [0.25, 0.3) is 0 Å². The van der Waals surface area contributed by atoms with Crippen molar-refractivity contribution in [1.82, 2.24) is 15.1 Å². The number of nitrogens with zero attached hydrogens (tertiary/aromatic N) is 3. The van der Waals surface area contributed by atoms with E-state index in [1.807, 2.05) is 0 Å². The van der Waals surface area contributed by atoms with Crippen molar-refractivity contribution >= 4 is 5.96 Å². The van der Waals surface area contributed by atoms with E-state index >= 15 is 0 Å². The molecule has 2 rings (SSSR count). The third-order valence-corrected chi connectivity index (χ3v) is 4.89. The summed E-state index contributed by atoms with van der Waals surface area (Å²) in [6.45, 7) is 15.9. The highest BCUT2D eigenvalue weighted by Gasteiger charge is 2.31. The minimum atomic E-state index is 0.426. The molecule has 4 nitrogen and oxygen atoms in total. The fourth-order valence-corrected chi connectivity index (χ4v) is 3.52. The maximum atomic E-state index is 4.97. The standard InChI is InChI=1S/C17H34N4/c1-5-15(20-10-7-8-11-20)13-19-16(18-6-2)21-12-9-17(3,4)14-21/h15H,5-14H2,1-4H3,(H,18,19). The lowest BCUT2D eigenvalue weighted by molar-refractivity contribution is 0.241. The zero-order chi connectivity index (χ0) is 15.3. The Morgan fingerprint density at radius 1 is 1.19 bits per heavy atom. The van der Waals surface area contributed by atoms with Crippen LogP contribution in [0.1, 0.15) is 53.4 Å². The van der Waals surface area contributed by atoms with Gasteiger partial charge in [0.25, 0.3) is 0 Å². The van der Waals surface area contributed by atoms with Gasteiger partial charge >= 0.3 is 0 Å². The van der Waals surface area contributed by atoms with Crippen molar-refractivity contribution in [3.8, 4) is 0 Å². The van der Waals surface area contributed by atoms with Gasteiger partial charge in [0.2, 0.25) is 0 Å². The molecular weight excluding hydrogens is 260 g/mol. The normalized spacial score (nSPS) is 24.6. The number of hydrogen-bond acceptors (Lipinski definition) is 2. The van der Waals surface area contributed by atoms with E-state index in [-0.39, 0.29) is 0 Å². The molecule has 0 spiro atoms. The van der Waals surface area contributed by atoms with E-state index in [4.69, 9.17) is 4.99 Å². The molecule has 2 saturated heterocycles. The summed E-state index contributed by atoms with van der Waals surface area (Å²) in [5, 5.41) is 3.49. The topological polar surface area (TPSA) is 30.9 Å². The van der Waals surface area contributed by atoms with Gasteiger partial charge in [-0.2, -0.15) is 0 Å². The predicted molar refractivity (Wildman–Crippen MR) is 90.8 cm³/mol. The lowest BCUT2D eigenvalue weighted by Gasteiger charge is -2.27. The molecule has 1 unspecified atom stereocenters. The highest BCUT2D eigenvalue weighted by atomic mass is 15.3. The summed E-state index contributed by atoms with van der Waals surface area (Å²) in [5.74, 6) is 1.13. The van der Waals surface area contributed by atoms with Crippen LogP contribution in [0.3, 0.4) is 0 Å². The van der Waals surface area contributed by atoms with Gasteiger partial charge < -0.3 is 10.2 Å². The molecule has 2 aliphatic rings.